The van der Waals surface area contributed by atoms with Crippen molar-refractivity contribution < 1.29 is 5.11 Å². The summed E-state index contributed by atoms with van der Waals surface area (Å²) in [4.78, 5) is 2.30. The monoisotopic (exact) mass is 279 g/mol. The van der Waals surface area contributed by atoms with Gasteiger partial charge in [-0.15, -0.1) is 0 Å². The molecule has 2 N–H and O–H groups in total. The highest BCUT2D eigenvalue weighted by molar-refractivity contribution is 5.78. The molecule has 4 rings (SSSR count). The fourth-order valence-corrected chi connectivity index (χ4v) is 3.29. The molecule has 1 atom stereocenters. The van der Waals surface area contributed by atoms with Crippen molar-refractivity contribution in [3.05, 3.63) is 59.3 Å². The second kappa shape index (κ2) is 4.60. The Morgan fingerprint density at radius 3 is 3.05 bits per heavy atom. The number of phenolic OH excluding ortho intramolecular Hbond substituents is 1. The van der Waals surface area contributed by atoms with Crippen LogP contribution in [0.2, 0.25) is 0 Å². The molecule has 4 nitrogen and oxygen atoms in total. The van der Waals surface area contributed by atoms with Crippen molar-refractivity contribution in [2.75, 3.05) is 13.6 Å². The Bertz CT molecular complexity index is 809. The summed E-state index contributed by atoms with van der Waals surface area (Å²) in [5, 5.41) is 18.0. The van der Waals surface area contributed by atoms with Crippen molar-refractivity contribution in [3.63, 3.8) is 0 Å². The van der Waals surface area contributed by atoms with Gasteiger partial charge in [0.2, 0.25) is 0 Å². The van der Waals surface area contributed by atoms with E-state index in [-0.39, 0.29) is 0 Å². The number of rotatable bonds is 1. The third-order valence-corrected chi connectivity index (χ3v) is 4.30. The fraction of sp³-hybridized carbons (Fsp3) is 0.235. The van der Waals surface area contributed by atoms with Crippen LogP contribution in [-0.2, 0) is 6.54 Å². The first-order chi connectivity index (χ1) is 10.2. The van der Waals surface area contributed by atoms with Gasteiger partial charge in [-0.1, -0.05) is 18.2 Å². The van der Waals surface area contributed by atoms with Gasteiger partial charge < -0.3 is 10.0 Å². The summed E-state index contributed by atoms with van der Waals surface area (Å²) >= 11 is 0. The first kappa shape index (κ1) is 12.4. The van der Waals surface area contributed by atoms with Crippen LogP contribution in [0.5, 0.6) is 5.75 Å². The molecule has 0 spiro atoms. The zero-order chi connectivity index (χ0) is 14.4. The van der Waals surface area contributed by atoms with Gasteiger partial charge in [0, 0.05) is 24.4 Å². The molecule has 0 aliphatic carbocycles. The smallest absolute Gasteiger partial charge is 0.115 e. The van der Waals surface area contributed by atoms with Crippen LogP contribution in [0.15, 0.2) is 42.6 Å². The SMILES string of the molecule is CN1Cc2cc(O)ccc2C(c2ccc3cn[nH]c3c2)C1. The Morgan fingerprint density at radius 2 is 2.14 bits per heavy atom. The summed E-state index contributed by atoms with van der Waals surface area (Å²) in [6.07, 6.45) is 1.85. The molecule has 0 radical (unpaired) electrons. The highest BCUT2D eigenvalue weighted by atomic mass is 16.3. The molecule has 0 amide bonds. The molecule has 0 saturated heterocycles. The van der Waals surface area contributed by atoms with Crippen LogP contribution in [0.25, 0.3) is 10.9 Å². The molecule has 1 aliphatic heterocycles. The molecule has 2 heterocycles. The second-order valence-electron chi connectivity index (χ2n) is 5.85. The quantitative estimate of drug-likeness (QED) is 0.720. The number of H-pyrrole nitrogens is 1. The van der Waals surface area contributed by atoms with Gasteiger partial charge >= 0.3 is 0 Å². The molecule has 0 fully saturated rings. The van der Waals surface area contributed by atoms with Gasteiger partial charge in [0.15, 0.2) is 0 Å². The van der Waals surface area contributed by atoms with Crippen molar-refractivity contribution in [3.8, 4) is 5.75 Å². The largest absolute Gasteiger partial charge is 0.508 e. The fourth-order valence-electron chi connectivity index (χ4n) is 3.29. The van der Waals surface area contributed by atoms with Gasteiger partial charge in [0.1, 0.15) is 5.75 Å². The summed E-state index contributed by atoms with van der Waals surface area (Å²) < 4.78 is 0. The molecule has 0 saturated carbocycles. The minimum atomic E-state index is 0.326. The minimum absolute atomic E-state index is 0.326. The number of nitrogens with one attached hydrogen (secondary N) is 1. The predicted molar refractivity (Wildman–Crippen MR) is 82.4 cm³/mol. The zero-order valence-electron chi connectivity index (χ0n) is 11.9. The zero-order valence-corrected chi connectivity index (χ0v) is 11.9. The lowest BCUT2D eigenvalue weighted by Gasteiger charge is -2.32. The summed E-state index contributed by atoms with van der Waals surface area (Å²) in [6, 6.07) is 12.2. The highest BCUT2D eigenvalue weighted by Gasteiger charge is 2.25. The van der Waals surface area contributed by atoms with Crippen LogP contribution in [-0.4, -0.2) is 33.8 Å². The maximum Gasteiger partial charge on any atom is 0.115 e. The number of aromatic hydroxyl groups is 1. The van der Waals surface area contributed by atoms with Crippen LogP contribution < -0.4 is 0 Å². The number of phenols is 1. The third kappa shape index (κ3) is 2.08. The van der Waals surface area contributed by atoms with Crippen molar-refractivity contribution in [2.45, 2.75) is 12.5 Å². The van der Waals surface area contributed by atoms with E-state index in [1.165, 1.54) is 16.7 Å². The minimum Gasteiger partial charge on any atom is -0.508 e. The van der Waals surface area contributed by atoms with Crippen LogP contribution in [0, 0.1) is 0 Å². The normalized spacial score (nSPS) is 18.8. The van der Waals surface area contributed by atoms with E-state index in [1.54, 1.807) is 6.07 Å². The highest BCUT2D eigenvalue weighted by Crippen LogP contribution is 2.35. The maximum absolute atomic E-state index is 9.71. The molecule has 21 heavy (non-hydrogen) atoms. The average Bonchev–Trinajstić information content (AvgIpc) is 2.93. The van der Waals surface area contributed by atoms with Crippen molar-refractivity contribution in [1.29, 1.82) is 0 Å². The first-order valence-corrected chi connectivity index (χ1v) is 7.14. The molecule has 0 bridgehead atoms. The van der Waals surface area contributed by atoms with Gasteiger partial charge in [0.05, 0.1) is 11.7 Å². The van der Waals surface area contributed by atoms with Crippen LogP contribution in [0.1, 0.15) is 22.6 Å². The number of benzene rings is 2. The summed E-state index contributed by atoms with van der Waals surface area (Å²) in [6.45, 7) is 1.87. The Hall–Kier alpha value is -2.33. The van der Waals surface area contributed by atoms with Gasteiger partial charge in [0.25, 0.3) is 0 Å². The number of hydrogen-bond donors (Lipinski definition) is 2. The molecule has 1 unspecified atom stereocenters. The van der Waals surface area contributed by atoms with Crippen molar-refractivity contribution in [2.24, 2.45) is 0 Å². The van der Waals surface area contributed by atoms with E-state index in [1.807, 2.05) is 12.3 Å². The molecule has 4 heteroatoms. The summed E-state index contributed by atoms with van der Waals surface area (Å²) in [5.74, 6) is 0.666. The van der Waals surface area contributed by atoms with Gasteiger partial charge in [-0.2, -0.15) is 5.10 Å². The lowest BCUT2D eigenvalue weighted by molar-refractivity contribution is 0.294. The van der Waals surface area contributed by atoms with E-state index in [0.717, 1.165) is 24.0 Å². The van der Waals surface area contributed by atoms with Crippen molar-refractivity contribution >= 4 is 10.9 Å². The van der Waals surface area contributed by atoms with Gasteiger partial charge in [-0.05, 0) is 41.9 Å². The molecular formula is C17H17N3O. The lowest BCUT2D eigenvalue weighted by atomic mass is 9.84. The van der Waals surface area contributed by atoms with E-state index in [4.69, 9.17) is 0 Å². The van der Waals surface area contributed by atoms with Gasteiger partial charge in [-0.3, -0.25) is 5.10 Å². The van der Waals surface area contributed by atoms with E-state index in [2.05, 4.69) is 46.4 Å². The van der Waals surface area contributed by atoms with E-state index in [9.17, 15) is 5.11 Å². The van der Waals surface area contributed by atoms with E-state index >= 15 is 0 Å². The van der Waals surface area contributed by atoms with E-state index in [0.29, 0.717) is 11.7 Å². The second-order valence-corrected chi connectivity index (χ2v) is 5.85. The number of hydrogen-bond acceptors (Lipinski definition) is 3. The number of nitrogens with zero attached hydrogens (tertiary/aromatic N) is 2. The number of fused-ring (bicyclic) bond motifs is 2. The van der Waals surface area contributed by atoms with Gasteiger partial charge in [-0.25, -0.2) is 0 Å². The first-order valence-electron chi connectivity index (χ1n) is 7.14. The molecule has 2 aromatic carbocycles. The predicted octanol–water partition coefficient (Wildman–Crippen LogP) is 2.85. The van der Waals surface area contributed by atoms with Crippen molar-refractivity contribution in [1.82, 2.24) is 15.1 Å². The molecular weight excluding hydrogens is 262 g/mol. The standard InChI is InChI=1S/C17H17N3O/c1-20-9-13-6-14(21)4-5-15(13)16(10-20)11-2-3-12-8-18-19-17(12)7-11/h2-8,16,21H,9-10H2,1H3,(H,18,19). The Morgan fingerprint density at radius 1 is 1.24 bits per heavy atom. The number of likely N-dealkylation sites (N-methyl/N-ethyl adjacent to an activating group) is 1. The molecule has 3 aromatic rings. The Labute approximate surface area is 123 Å². The lowest BCUT2D eigenvalue weighted by Crippen LogP contribution is -2.30. The molecule has 1 aromatic heterocycles. The maximum atomic E-state index is 9.71. The topological polar surface area (TPSA) is 52.1 Å². The average molecular weight is 279 g/mol. The molecule has 1 aliphatic rings. The summed E-state index contributed by atoms with van der Waals surface area (Å²) in [5.41, 5.74) is 4.87. The Kier molecular flexibility index (Phi) is 2.72. The Balaban J connectivity index is 1.84. The molecule has 106 valence electrons. The number of aromatic amines is 1. The summed E-state index contributed by atoms with van der Waals surface area (Å²) in [7, 11) is 2.12. The van der Waals surface area contributed by atoms with Crippen LogP contribution in [0.3, 0.4) is 0 Å². The van der Waals surface area contributed by atoms with Crippen LogP contribution >= 0.6 is 0 Å². The van der Waals surface area contributed by atoms with E-state index < -0.39 is 0 Å². The van der Waals surface area contributed by atoms with Crippen LogP contribution in [0.4, 0.5) is 0 Å². The third-order valence-electron chi connectivity index (χ3n) is 4.30. The number of aromatic nitrogens is 2.